The van der Waals surface area contributed by atoms with Crippen molar-refractivity contribution < 1.29 is 9.47 Å². The summed E-state index contributed by atoms with van der Waals surface area (Å²) < 4.78 is 12.7. The summed E-state index contributed by atoms with van der Waals surface area (Å²) >= 11 is 0. The van der Waals surface area contributed by atoms with Gasteiger partial charge in [-0.2, -0.15) is 0 Å². The molecule has 0 aliphatic carbocycles. The Labute approximate surface area is 217 Å². The van der Waals surface area contributed by atoms with Gasteiger partial charge in [0.1, 0.15) is 12.1 Å². The van der Waals surface area contributed by atoms with Crippen LogP contribution in [0.2, 0.25) is 0 Å². The first kappa shape index (κ1) is 23.2. The number of hydrogen-bond donors (Lipinski definition) is 1. The van der Waals surface area contributed by atoms with E-state index in [2.05, 4.69) is 53.8 Å². The summed E-state index contributed by atoms with van der Waals surface area (Å²) in [6.45, 7) is 1.00. The van der Waals surface area contributed by atoms with Crippen LogP contribution in [0.1, 0.15) is 46.5 Å². The lowest BCUT2D eigenvalue weighted by Gasteiger charge is -2.19. The Kier molecular flexibility index (Phi) is 6.78. The third kappa shape index (κ3) is 5.18. The molecule has 0 amide bonds. The molecule has 0 fully saturated rings. The van der Waals surface area contributed by atoms with Crippen LogP contribution in [-0.4, -0.2) is 24.9 Å². The van der Waals surface area contributed by atoms with Crippen LogP contribution in [0.15, 0.2) is 131 Å². The summed E-state index contributed by atoms with van der Waals surface area (Å²) in [5.41, 5.74) is 4.53. The van der Waals surface area contributed by atoms with E-state index < -0.39 is 0 Å². The van der Waals surface area contributed by atoms with Crippen molar-refractivity contribution in [2.45, 2.75) is 24.3 Å². The highest BCUT2D eigenvalue weighted by Crippen LogP contribution is 2.41. The molecule has 0 radical (unpaired) electrons. The summed E-state index contributed by atoms with van der Waals surface area (Å²) in [5, 5.41) is 3.45. The first-order valence-electron chi connectivity index (χ1n) is 12.7. The monoisotopic (exact) mass is 487 g/mol. The largest absolute Gasteiger partial charge is 0.469 e. The van der Waals surface area contributed by atoms with Gasteiger partial charge in [0.15, 0.2) is 24.0 Å². The molecule has 4 aromatic carbocycles. The van der Waals surface area contributed by atoms with Crippen molar-refractivity contribution in [3.8, 4) is 0 Å². The summed E-state index contributed by atoms with van der Waals surface area (Å²) in [7, 11) is 0. The second-order valence-corrected chi connectivity index (χ2v) is 9.26. The minimum Gasteiger partial charge on any atom is -0.469 e. The number of nitrogens with zero attached hydrogens (tertiary/aromatic N) is 2. The third-order valence-electron chi connectivity index (χ3n) is 6.76. The van der Waals surface area contributed by atoms with Gasteiger partial charge in [-0.3, -0.25) is 0 Å². The van der Waals surface area contributed by atoms with Crippen molar-refractivity contribution >= 4 is 11.8 Å². The van der Waals surface area contributed by atoms with Gasteiger partial charge >= 0.3 is 0 Å². The van der Waals surface area contributed by atoms with Gasteiger partial charge in [0, 0.05) is 0 Å². The van der Waals surface area contributed by atoms with E-state index in [1.54, 1.807) is 0 Å². The molecule has 37 heavy (non-hydrogen) atoms. The quantitative estimate of drug-likeness (QED) is 0.313. The van der Waals surface area contributed by atoms with Crippen molar-refractivity contribution in [2.75, 3.05) is 13.1 Å². The molecule has 0 aromatic heterocycles. The lowest BCUT2D eigenvalue weighted by molar-refractivity contribution is 0.189. The van der Waals surface area contributed by atoms with E-state index in [-0.39, 0.29) is 24.3 Å². The molecule has 6 rings (SSSR count). The van der Waals surface area contributed by atoms with Crippen LogP contribution in [0, 0.1) is 0 Å². The van der Waals surface area contributed by atoms with Gasteiger partial charge in [-0.25, -0.2) is 9.98 Å². The van der Waals surface area contributed by atoms with Gasteiger partial charge in [-0.15, -0.1) is 0 Å². The number of nitrogens with one attached hydrogen (secondary N) is 1. The molecule has 184 valence electrons. The number of hydrogen-bond acceptors (Lipinski definition) is 5. The van der Waals surface area contributed by atoms with E-state index >= 15 is 0 Å². The van der Waals surface area contributed by atoms with Gasteiger partial charge in [0.05, 0.1) is 13.1 Å². The Hall–Kier alpha value is -4.22. The summed E-state index contributed by atoms with van der Waals surface area (Å²) in [4.78, 5) is 9.91. The topological polar surface area (TPSA) is 55.2 Å². The van der Waals surface area contributed by atoms with Crippen LogP contribution < -0.4 is 5.32 Å². The van der Waals surface area contributed by atoms with Gasteiger partial charge in [0.2, 0.25) is 0 Å². The van der Waals surface area contributed by atoms with Crippen LogP contribution in [0.3, 0.4) is 0 Å². The molecular formula is C32H29N3O2. The first-order valence-corrected chi connectivity index (χ1v) is 12.7. The Balaban J connectivity index is 1.15. The fourth-order valence-corrected chi connectivity index (χ4v) is 4.96. The fraction of sp³-hybridized carbons (Fsp3) is 0.188. The fourth-order valence-electron chi connectivity index (χ4n) is 4.96. The maximum atomic E-state index is 6.37. The van der Waals surface area contributed by atoms with E-state index in [1.165, 1.54) is 0 Å². The van der Waals surface area contributed by atoms with Crippen LogP contribution >= 0.6 is 0 Å². The minimum atomic E-state index is -0.148. The van der Waals surface area contributed by atoms with E-state index in [0.29, 0.717) is 24.9 Å². The summed E-state index contributed by atoms with van der Waals surface area (Å²) in [6.07, 6.45) is -0.296. The Morgan fingerprint density at radius 3 is 1.14 bits per heavy atom. The molecule has 0 saturated carbocycles. The number of benzene rings is 4. The average Bonchev–Trinajstić information content (AvgIpc) is 3.60. The lowest BCUT2D eigenvalue weighted by atomic mass is 9.97. The molecular weight excluding hydrogens is 458 g/mol. The smallest absolute Gasteiger partial charge is 0.199 e. The van der Waals surface area contributed by atoms with Crippen molar-refractivity contribution in [3.05, 3.63) is 144 Å². The predicted octanol–water partition coefficient (Wildman–Crippen LogP) is 6.40. The highest BCUT2D eigenvalue weighted by molar-refractivity contribution is 5.83. The van der Waals surface area contributed by atoms with Crippen molar-refractivity contribution in [2.24, 2.45) is 9.98 Å². The molecule has 0 bridgehead atoms. The Morgan fingerprint density at radius 1 is 0.459 bits per heavy atom. The molecule has 5 nitrogen and oxygen atoms in total. The molecule has 0 unspecified atom stereocenters. The zero-order valence-electron chi connectivity index (χ0n) is 20.5. The number of ether oxygens (including phenoxy) is 2. The highest BCUT2D eigenvalue weighted by atomic mass is 16.5. The Morgan fingerprint density at radius 2 is 0.784 bits per heavy atom. The Bertz CT molecular complexity index is 1250. The van der Waals surface area contributed by atoms with Crippen LogP contribution in [0.5, 0.6) is 0 Å². The maximum Gasteiger partial charge on any atom is 0.199 e. The second-order valence-electron chi connectivity index (χ2n) is 9.26. The lowest BCUT2D eigenvalue weighted by Crippen LogP contribution is -2.29. The SMILES string of the molecule is c1ccc([C@H]2N=C(CNCC3=N[C@H](c4ccccc4)[C@H](c4ccccc4)O3)O[C@H]2c2ccccc2)cc1. The molecule has 4 aromatic rings. The first-order chi connectivity index (χ1) is 18.3. The minimum absolute atomic E-state index is 0.0783. The van der Waals surface area contributed by atoms with Gasteiger partial charge in [-0.1, -0.05) is 121 Å². The molecule has 2 aliphatic heterocycles. The van der Waals surface area contributed by atoms with Crippen LogP contribution in [0.4, 0.5) is 0 Å². The molecule has 0 spiro atoms. The summed E-state index contributed by atoms with van der Waals surface area (Å²) in [6, 6.07) is 41.1. The normalized spacial score (nSPS) is 22.6. The maximum absolute atomic E-state index is 6.37. The van der Waals surface area contributed by atoms with E-state index in [0.717, 1.165) is 22.3 Å². The zero-order chi connectivity index (χ0) is 24.9. The molecule has 0 saturated heterocycles. The molecule has 2 aliphatic rings. The molecule has 5 heteroatoms. The standard InChI is InChI=1S/C32H29N3O2/c1-5-13-23(14-6-1)29-31(25-17-9-3-10-18-25)36-27(34-29)21-33-22-28-35-30(24-15-7-2-8-16-24)32(37-28)26-19-11-4-12-20-26/h1-20,29-33H,21-22H2/t29-,30-,31+,32+/m1/s1. The average molecular weight is 488 g/mol. The molecule has 2 heterocycles. The van der Waals surface area contributed by atoms with E-state index in [1.807, 2.05) is 72.8 Å². The number of aliphatic imine (C=N–C) groups is 2. The highest BCUT2D eigenvalue weighted by Gasteiger charge is 2.35. The summed E-state index contributed by atoms with van der Waals surface area (Å²) in [5.74, 6) is 1.39. The third-order valence-corrected chi connectivity index (χ3v) is 6.76. The van der Waals surface area contributed by atoms with Crippen LogP contribution in [0.25, 0.3) is 0 Å². The van der Waals surface area contributed by atoms with Gasteiger partial charge in [-0.05, 0) is 22.3 Å². The molecule has 1 N–H and O–H groups in total. The van der Waals surface area contributed by atoms with Crippen molar-refractivity contribution in [1.29, 1.82) is 0 Å². The van der Waals surface area contributed by atoms with Crippen molar-refractivity contribution in [3.63, 3.8) is 0 Å². The zero-order valence-corrected chi connectivity index (χ0v) is 20.5. The number of rotatable bonds is 8. The van der Waals surface area contributed by atoms with E-state index in [4.69, 9.17) is 19.5 Å². The second kappa shape index (κ2) is 10.8. The van der Waals surface area contributed by atoms with Gasteiger partial charge < -0.3 is 14.8 Å². The van der Waals surface area contributed by atoms with Crippen LogP contribution in [-0.2, 0) is 9.47 Å². The van der Waals surface area contributed by atoms with E-state index in [9.17, 15) is 0 Å². The van der Waals surface area contributed by atoms with Crippen molar-refractivity contribution in [1.82, 2.24) is 5.32 Å². The molecule has 4 atom stereocenters. The van der Waals surface area contributed by atoms with Gasteiger partial charge in [0.25, 0.3) is 0 Å². The predicted molar refractivity (Wildman–Crippen MR) is 147 cm³/mol.